The topological polar surface area (TPSA) is 67.5 Å². The van der Waals surface area contributed by atoms with E-state index < -0.39 is 0 Å². The molecule has 2 heterocycles. The number of carbonyl (C=O) groups is 1. The lowest BCUT2D eigenvalue weighted by Crippen LogP contribution is -2.41. The molecule has 1 saturated heterocycles. The van der Waals surface area contributed by atoms with E-state index in [1.54, 1.807) is 0 Å². The average molecular weight is 440 g/mol. The van der Waals surface area contributed by atoms with E-state index in [1.807, 2.05) is 89.8 Å². The predicted molar refractivity (Wildman–Crippen MR) is 129 cm³/mol. The third kappa shape index (κ3) is 4.96. The largest absolute Gasteiger partial charge is 0.489 e. The summed E-state index contributed by atoms with van der Waals surface area (Å²) in [6.07, 6.45) is 1.88. The van der Waals surface area contributed by atoms with Gasteiger partial charge < -0.3 is 19.4 Å². The van der Waals surface area contributed by atoms with Crippen LogP contribution in [-0.4, -0.2) is 47.1 Å². The molecular weight excluding hydrogens is 414 g/mol. The van der Waals surface area contributed by atoms with Gasteiger partial charge in [0, 0.05) is 13.1 Å². The number of H-pyrrole nitrogens is 1. The summed E-state index contributed by atoms with van der Waals surface area (Å²) in [5.41, 5.74) is 4.22. The van der Waals surface area contributed by atoms with Gasteiger partial charge in [-0.1, -0.05) is 54.6 Å². The molecule has 0 unspecified atom stereocenters. The minimum Gasteiger partial charge on any atom is -0.489 e. The number of aromatic nitrogens is 2. The van der Waals surface area contributed by atoms with E-state index in [2.05, 4.69) is 9.97 Å². The Labute approximate surface area is 192 Å². The van der Waals surface area contributed by atoms with E-state index in [1.165, 1.54) is 0 Å². The molecular formula is C27H25N3O3. The van der Waals surface area contributed by atoms with Gasteiger partial charge in [0.25, 0.3) is 5.91 Å². The van der Waals surface area contributed by atoms with Crippen molar-refractivity contribution in [1.82, 2.24) is 14.9 Å². The zero-order valence-electron chi connectivity index (χ0n) is 18.2. The quantitative estimate of drug-likeness (QED) is 0.448. The second kappa shape index (κ2) is 9.71. The lowest BCUT2D eigenvalue weighted by Gasteiger charge is -2.27. The number of benzene rings is 3. The van der Waals surface area contributed by atoms with Crippen LogP contribution < -0.4 is 4.74 Å². The summed E-state index contributed by atoms with van der Waals surface area (Å²) in [5.74, 6) is 1.24. The number of imidazole rings is 1. The summed E-state index contributed by atoms with van der Waals surface area (Å²) in [7, 11) is 0. The van der Waals surface area contributed by atoms with Gasteiger partial charge in [0.15, 0.2) is 0 Å². The first-order valence-corrected chi connectivity index (χ1v) is 11.1. The van der Waals surface area contributed by atoms with Gasteiger partial charge in [-0.05, 0) is 41.5 Å². The summed E-state index contributed by atoms with van der Waals surface area (Å²) in [4.78, 5) is 23.3. The number of ether oxygens (including phenoxy) is 2. The summed E-state index contributed by atoms with van der Waals surface area (Å²) in [5, 5.41) is 0. The second-order valence-electron chi connectivity index (χ2n) is 7.91. The minimum atomic E-state index is -0.0621. The van der Waals surface area contributed by atoms with E-state index in [9.17, 15) is 4.79 Å². The molecule has 1 amide bonds. The van der Waals surface area contributed by atoms with Crippen LogP contribution in [0.25, 0.3) is 22.7 Å². The molecule has 6 heteroatoms. The van der Waals surface area contributed by atoms with E-state index >= 15 is 0 Å². The number of carbonyl (C=O) groups excluding carboxylic acids is 1. The maximum atomic E-state index is 13.5. The fraction of sp³-hybridized carbons (Fsp3) is 0.185. The molecule has 1 N–H and O–H groups in total. The first kappa shape index (κ1) is 21.0. The highest BCUT2D eigenvalue weighted by molar-refractivity contribution is 6.23. The molecule has 1 fully saturated rings. The van der Waals surface area contributed by atoms with Gasteiger partial charge in [-0.25, -0.2) is 4.98 Å². The fourth-order valence-electron chi connectivity index (χ4n) is 3.85. The van der Waals surface area contributed by atoms with Gasteiger partial charge in [0.2, 0.25) is 0 Å². The van der Waals surface area contributed by atoms with Crippen molar-refractivity contribution in [1.29, 1.82) is 0 Å². The molecule has 166 valence electrons. The number of aromatic amines is 1. The number of rotatable bonds is 6. The van der Waals surface area contributed by atoms with Gasteiger partial charge >= 0.3 is 0 Å². The van der Waals surface area contributed by atoms with Crippen LogP contribution in [0.5, 0.6) is 5.75 Å². The van der Waals surface area contributed by atoms with Crippen LogP contribution in [0.1, 0.15) is 17.0 Å². The number of nitrogens with one attached hydrogen (secondary N) is 1. The average Bonchev–Trinajstić information content (AvgIpc) is 3.31. The first-order chi connectivity index (χ1) is 16.3. The highest BCUT2D eigenvalue weighted by Crippen LogP contribution is 2.24. The SMILES string of the molecule is O=C(/C(=C/c1cccc(OCc2ccccc2)c1)c1nc2ccccc2[nH]1)N1CCOCC1. The third-order valence-electron chi connectivity index (χ3n) is 5.59. The van der Waals surface area contributed by atoms with Crippen molar-refractivity contribution >= 4 is 28.6 Å². The molecule has 33 heavy (non-hydrogen) atoms. The predicted octanol–water partition coefficient (Wildman–Crippen LogP) is 4.54. The van der Waals surface area contributed by atoms with Crippen molar-refractivity contribution in [2.75, 3.05) is 26.3 Å². The molecule has 1 aromatic heterocycles. The van der Waals surface area contributed by atoms with Crippen LogP contribution in [-0.2, 0) is 16.1 Å². The van der Waals surface area contributed by atoms with Crippen molar-refractivity contribution in [3.8, 4) is 5.75 Å². The molecule has 0 saturated carbocycles. The first-order valence-electron chi connectivity index (χ1n) is 11.1. The minimum absolute atomic E-state index is 0.0621. The fourth-order valence-corrected chi connectivity index (χ4v) is 3.85. The van der Waals surface area contributed by atoms with Crippen LogP contribution in [0.15, 0.2) is 78.9 Å². The monoisotopic (exact) mass is 439 g/mol. The van der Waals surface area contributed by atoms with Gasteiger partial charge in [-0.3, -0.25) is 4.79 Å². The van der Waals surface area contributed by atoms with Gasteiger partial charge in [0.05, 0.1) is 29.8 Å². The summed E-state index contributed by atoms with van der Waals surface area (Å²) in [6, 6.07) is 25.6. The molecule has 1 aliphatic heterocycles. The van der Waals surface area contributed by atoms with E-state index in [0.717, 1.165) is 27.9 Å². The Morgan fingerprint density at radius 1 is 1.00 bits per heavy atom. The molecule has 0 radical (unpaired) electrons. The third-order valence-corrected chi connectivity index (χ3v) is 5.59. The van der Waals surface area contributed by atoms with Crippen LogP contribution in [0.3, 0.4) is 0 Å². The smallest absolute Gasteiger partial charge is 0.257 e. The second-order valence-corrected chi connectivity index (χ2v) is 7.91. The summed E-state index contributed by atoms with van der Waals surface area (Å²) >= 11 is 0. The number of hydrogen-bond donors (Lipinski definition) is 1. The Bertz CT molecular complexity index is 1240. The number of morpholine rings is 1. The zero-order chi connectivity index (χ0) is 22.5. The van der Waals surface area contributed by atoms with Crippen LogP contribution in [0.4, 0.5) is 0 Å². The Kier molecular flexibility index (Phi) is 6.17. The molecule has 0 bridgehead atoms. The zero-order valence-corrected chi connectivity index (χ0v) is 18.2. The van der Waals surface area contributed by atoms with Crippen LogP contribution in [0, 0.1) is 0 Å². The van der Waals surface area contributed by atoms with Crippen molar-refractivity contribution < 1.29 is 14.3 Å². The summed E-state index contributed by atoms with van der Waals surface area (Å²) in [6.45, 7) is 2.70. The Hall–Kier alpha value is -3.90. The van der Waals surface area contributed by atoms with Crippen molar-refractivity contribution in [3.63, 3.8) is 0 Å². The van der Waals surface area contributed by atoms with Crippen molar-refractivity contribution in [2.24, 2.45) is 0 Å². The van der Waals surface area contributed by atoms with Crippen LogP contribution >= 0.6 is 0 Å². The van der Waals surface area contributed by atoms with Gasteiger partial charge in [-0.15, -0.1) is 0 Å². The van der Waals surface area contributed by atoms with E-state index in [-0.39, 0.29) is 5.91 Å². The molecule has 0 atom stereocenters. The molecule has 0 aliphatic carbocycles. The highest BCUT2D eigenvalue weighted by atomic mass is 16.5. The molecule has 1 aliphatic rings. The van der Waals surface area contributed by atoms with Gasteiger partial charge in [0.1, 0.15) is 18.2 Å². The number of nitrogens with zero attached hydrogens (tertiary/aromatic N) is 2. The van der Waals surface area contributed by atoms with Crippen molar-refractivity contribution in [2.45, 2.75) is 6.61 Å². The maximum absolute atomic E-state index is 13.5. The van der Waals surface area contributed by atoms with E-state index in [0.29, 0.717) is 44.3 Å². The molecule has 4 aromatic rings. The standard InChI is InChI=1S/C27H25N3O3/c31-27(30-13-15-32-16-14-30)23(26-28-24-11-4-5-12-25(24)29-26)18-21-9-6-10-22(17-21)33-19-20-7-2-1-3-8-20/h1-12,17-18H,13-16,19H2,(H,28,29)/b23-18+. The number of hydrogen-bond acceptors (Lipinski definition) is 4. The normalized spacial score (nSPS) is 14.4. The van der Waals surface area contributed by atoms with Gasteiger partial charge in [-0.2, -0.15) is 0 Å². The van der Waals surface area contributed by atoms with Crippen molar-refractivity contribution in [3.05, 3.63) is 95.8 Å². The molecule has 3 aromatic carbocycles. The Balaban J connectivity index is 1.46. The number of para-hydroxylation sites is 2. The summed E-state index contributed by atoms with van der Waals surface area (Å²) < 4.78 is 11.4. The highest BCUT2D eigenvalue weighted by Gasteiger charge is 2.24. The maximum Gasteiger partial charge on any atom is 0.257 e. The molecule has 0 spiro atoms. The lowest BCUT2D eigenvalue weighted by molar-refractivity contribution is -0.128. The number of amides is 1. The Morgan fingerprint density at radius 2 is 1.79 bits per heavy atom. The number of fused-ring (bicyclic) bond motifs is 1. The molecule has 6 nitrogen and oxygen atoms in total. The lowest BCUT2D eigenvalue weighted by atomic mass is 10.1. The van der Waals surface area contributed by atoms with E-state index in [4.69, 9.17) is 9.47 Å². The Morgan fingerprint density at radius 3 is 2.61 bits per heavy atom. The van der Waals surface area contributed by atoms with Crippen LogP contribution in [0.2, 0.25) is 0 Å². The molecule has 5 rings (SSSR count).